The number of thiocarbonyl (C=S) groups is 1. The molecule has 0 saturated carbocycles. The second-order valence-electron chi connectivity index (χ2n) is 6.07. The van der Waals surface area contributed by atoms with Crippen LogP contribution in [0, 0.1) is 0 Å². The summed E-state index contributed by atoms with van der Waals surface area (Å²) < 4.78 is 0. The van der Waals surface area contributed by atoms with E-state index in [0.29, 0.717) is 24.2 Å². The normalized spacial score (nSPS) is 10.1. The number of para-hydroxylation sites is 1. The molecule has 2 aromatic rings. The van der Waals surface area contributed by atoms with E-state index >= 15 is 0 Å². The number of rotatable bonds is 7. The van der Waals surface area contributed by atoms with Gasteiger partial charge in [0.25, 0.3) is 5.91 Å². The van der Waals surface area contributed by atoms with Crippen LogP contribution in [0.1, 0.15) is 43.5 Å². The van der Waals surface area contributed by atoms with Crippen LogP contribution in [0.3, 0.4) is 0 Å². The van der Waals surface area contributed by atoms with E-state index in [2.05, 4.69) is 10.6 Å². The number of unbranched alkanes of at least 4 members (excludes halogenated alkanes) is 1. The fraction of sp³-hybridized carbons (Fsp3) is 0.286. The molecule has 0 radical (unpaired) electrons. The van der Waals surface area contributed by atoms with Crippen LogP contribution in [0.25, 0.3) is 0 Å². The van der Waals surface area contributed by atoms with Crippen molar-refractivity contribution in [3.05, 3.63) is 60.2 Å². The average Bonchev–Trinajstić information content (AvgIpc) is 2.67. The lowest BCUT2D eigenvalue weighted by atomic mass is 10.1. The number of nitrogens with zero attached hydrogens (tertiary/aromatic N) is 1. The summed E-state index contributed by atoms with van der Waals surface area (Å²) in [6, 6.07) is 16.6. The minimum atomic E-state index is -0.109. The number of nitrogens with one attached hydrogen (secondary N) is 2. The number of benzene rings is 2. The van der Waals surface area contributed by atoms with Crippen LogP contribution >= 0.6 is 12.2 Å². The molecular formula is C21H25N3O2S. The third kappa shape index (κ3) is 6.18. The highest BCUT2D eigenvalue weighted by Crippen LogP contribution is 2.18. The van der Waals surface area contributed by atoms with Crippen LogP contribution in [0.4, 0.5) is 11.4 Å². The van der Waals surface area contributed by atoms with Gasteiger partial charge in [-0.1, -0.05) is 37.6 Å². The minimum Gasteiger partial charge on any atom is -0.332 e. The van der Waals surface area contributed by atoms with Gasteiger partial charge in [0.2, 0.25) is 5.91 Å². The molecule has 0 aliphatic carbocycles. The number of amides is 2. The van der Waals surface area contributed by atoms with Crippen LogP contribution in [0.5, 0.6) is 0 Å². The minimum absolute atomic E-state index is 0.0924. The molecule has 6 heteroatoms. The number of anilines is 2. The van der Waals surface area contributed by atoms with Crippen molar-refractivity contribution in [1.29, 1.82) is 0 Å². The lowest BCUT2D eigenvalue weighted by Gasteiger charge is -2.21. The molecule has 0 bridgehead atoms. The molecule has 0 aromatic heterocycles. The fourth-order valence-electron chi connectivity index (χ4n) is 2.63. The Morgan fingerprint density at radius 1 is 1.04 bits per heavy atom. The lowest BCUT2D eigenvalue weighted by Crippen LogP contribution is -2.34. The van der Waals surface area contributed by atoms with Crippen molar-refractivity contribution in [3.63, 3.8) is 0 Å². The van der Waals surface area contributed by atoms with E-state index < -0.39 is 0 Å². The molecule has 5 nitrogen and oxygen atoms in total. The summed E-state index contributed by atoms with van der Waals surface area (Å²) in [6.07, 6.45) is 2.22. The largest absolute Gasteiger partial charge is 0.332 e. The molecule has 2 amide bonds. The molecule has 0 saturated heterocycles. The highest BCUT2D eigenvalue weighted by molar-refractivity contribution is 7.80. The summed E-state index contributed by atoms with van der Waals surface area (Å²) in [7, 11) is 0. The van der Waals surface area contributed by atoms with Gasteiger partial charge in [-0.25, -0.2) is 0 Å². The number of hydrogen-bond acceptors (Lipinski definition) is 3. The Bertz CT molecular complexity index is 793. The van der Waals surface area contributed by atoms with Crippen molar-refractivity contribution in [1.82, 2.24) is 5.32 Å². The summed E-state index contributed by atoms with van der Waals surface area (Å²) in [5.41, 5.74) is 2.05. The van der Waals surface area contributed by atoms with E-state index in [1.54, 1.807) is 29.2 Å². The Balaban J connectivity index is 2.06. The standard InChI is InChI=1S/C21H25N3O2S/c1-3-5-14-19(25)23-21(27)22-17-11-9-10-16(15-17)20(26)24(4-2)18-12-7-6-8-13-18/h6-13,15H,3-5,14H2,1-2H3,(H2,22,23,25,27). The van der Waals surface area contributed by atoms with Crippen LogP contribution in [0.15, 0.2) is 54.6 Å². The molecule has 0 heterocycles. The maximum Gasteiger partial charge on any atom is 0.258 e. The van der Waals surface area contributed by atoms with Crippen LogP contribution < -0.4 is 15.5 Å². The zero-order valence-electron chi connectivity index (χ0n) is 15.7. The van der Waals surface area contributed by atoms with E-state index in [1.807, 2.05) is 44.2 Å². The topological polar surface area (TPSA) is 61.4 Å². The first-order valence-corrected chi connectivity index (χ1v) is 9.53. The molecule has 0 atom stereocenters. The third-order valence-corrected chi connectivity index (χ3v) is 4.21. The number of carbonyl (C=O) groups excluding carboxylic acids is 2. The molecule has 0 aliphatic rings. The van der Waals surface area contributed by atoms with Gasteiger partial charge in [0.1, 0.15) is 0 Å². The second kappa shape index (κ2) is 10.4. The predicted molar refractivity (Wildman–Crippen MR) is 114 cm³/mol. The second-order valence-corrected chi connectivity index (χ2v) is 6.48. The Morgan fingerprint density at radius 2 is 1.78 bits per heavy atom. The molecule has 2 aromatic carbocycles. The van der Waals surface area contributed by atoms with Gasteiger partial charge in [0.05, 0.1) is 0 Å². The summed E-state index contributed by atoms with van der Waals surface area (Å²) in [4.78, 5) is 26.4. The molecule has 2 N–H and O–H groups in total. The summed E-state index contributed by atoms with van der Waals surface area (Å²) in [5, 5.41) is 5.86. The van der Waals surface area contributed by atoms with E-state index in [0.717, 1.165) is 18.5 Å². The number of hydrogen-bond donors (Lipinski definition) is 2. The van der Waals surface area contributed by atoms with Gasteiger partial charge in [-0.2, -0.15) is 0 Å². The monoisotopic (exact) mass is 383 g/mol. The van der Waals surface area contributed by atoms with Crippen molar-refractivity contribution >= 4 is 40.5 Å². The first-order chi connectivity index (χ1) is 13.0. The van der Waals surface area contributed by atoms with E-state index in [1.165, 1.54) is 0 Å². The predicted octanol–water partition coefficient (Wildman–Crippen LogP) is 4.36. The Kier molecular flexibility index (Phi) is 7.95. The van der Waals surface area contributed by atoms with Crippen molar-refractivity contribution in [3.8, 4) is 0 Å². The van der Waals surface area contributed by atoms with Crippen LogP contribution in [0.2, 0.25) is 0 Å². The first-order valence-electron chi connectivity index (χ1n) is 9.13. The molecule has 0 unspecified atom stereocenters. The third-order valence-electron chi connectivity index (χ3n) is 4.01. The lowest BCUT2D eigenvalue weighted by molar-refractivity contribution is -0.119. The van der Waals surface area contributed by atoms with E-state index in [-0.39, 0.29) is 16.9 Å². The Labute approximate surface area is 165 Å². The molecule has 142 valence electrons. The van der Waals surface area contributed by atoms with Gasteiger partial charge in [-0.15, -0.1) is 0 Å². The van der Waals surface area contributed by atoms with Gasteiger partial charge in [0, 0.05) is 29.9 Å². The van der Waals surface area contributed by atoms with Crippen LogP contribution in [-0.4, -0.2) is 23.5 Å². The molecular weight excluding hydrogens is 358 g/mol. The zero-order valence-corrected chi connectivity index (χ0v) is 16.5. The molecule has 2 rings (SSSR count). The Hall–Kier alpha value is -2.73. The molecule has 27 heavy (non-hydrogen) atoms. The molecule has 0 fully saturated rings. The van der Waals surface area contributed by atoms with Crippen molar-refractivity contribution < 1.29 is 9.59 Å². The van der Waals surface area contributed by atoms with Gasteiger partial charge in [0.15, 0.2) is 5.11 Å². The maximum absolute atomic E-state index is 12.9. The summed E-state index contributed by atoms with van der Waals surface area (Å²) in [6.45, 7) is 4.53. The highest BCUT2D eigenvalue weighted by atomic mass is 32.1. The van der Waals surface area contributed by atoms with Gasteiger partial charge >= 0.3 is 0 Å². The smallest absolute Gasteiger partial charge is 0.258 e. The van der Waals surface area contributed by atoms with E-state index in [9.17, 15) is 9.59 Å². The summed E-state index contributed by atoms with van der Waals surface area (Å²) in [5.74, 6) is -0.201. The fourth-order valence-corrected chi connectivity index (χ4v) is 2.86. The zero-order chi connectivity index (χ0) is 19.6. The SMILES string of the molecule is CCCCC(=O)NC(=S)Nc1cccc(C(=O)N(CC)c2ccccc2)c1. The van der Waals surface area contributed by atoms with Gasteiger partial charge in [-0.3, -0.25) is 9.59 Å². The van der Waals surface area contributed by atoms with Gasteiger partial charge < -0.3 is 15.5 Å². The molecule has 0 spiro atoms. The average molecular weight is 384 g/mol. The first kappa shape index (κ1) is 20.6. The highest BCUT2D eigenvalue weighted by Gasteiger charge is 2.16. The quantitative estimate of drug-likeness (QED) is 0.698. The van der Waals surface area contributed by atoms with Crippen molar-refractivity contribution in [2.45, 2.75) is 33.1 Å². The molecule has 0 aliphatic heterocycles. The van der Waals surface area contributed by atoms with Gasteiger partial charge in [-0.05, 0) is 55.9 Å². The number of carbonyl (C=O) groups is 2. The summed E-state index contributed by atoms with van der Waals surface area (Å²) >= 11 is 5.18. The van der Waals surface area contributed by atoms with Crippen molar-refractivity contribution in [2.24, 2.45) is 0 Å². The Morgan fingerprint density at radius 3 is 2.44 bits per heavy atom. The van der Waals surface area contributed by atoms with Crippen molar-refractivity contribution in [2.75, 3.05) is 16.8 Å². The van der Waals surface area contributed by atoms with E-state index in [4.69, 9.17) is 12.2 Å². The van der Waals surface area contributed by atoms with Crippen LogP contribution in [-0.2, 0) is 4.79 Å². The maximum atomic E-state index is 12.9.